The molecule has 3 amide bonds. The van der Waals surface area contributed by atoms with E-state index in [0.29, 0.717) is 0 Å². The van der Waals surface area contributed by atoms with E-state index < -0.39 is 41.8 Å². The summed E-state index contributed by atoms with van der Waals surface area (Å²) in [6.07, 6.45) is -2.09. The first kappa shape index (κ1) is 19.1. The maximum atomic E-state index is 12.2. The number of esters is 1. The summed E-state index contributed by atoms with van der Waals surface area (Å²) < 4.78 is 23.2. The lowest BCUT2D eigenvalue weighted by molar-refractivity contribution is -0.208. The highest BCUT2D eigenvalue weighted by molar-refractivity contribution is 5.96. The van der Waals surface area contributed by atoms with E-state index in [1.165, 1.54) is 4.90 Å². The van der Waals surface area contributed by atoms with Crippen molar-refractivity contribution in [3.8, 4) is 0 Å². The smallest absolute Gasteiger partial charge is 0.326 e. The van der Waals surface area contributed by atoms with Crippen molar-refractivity contribution < 1.29 is 33.3 Å². The summed E-state index contributed by atoms with van der Waals surface area (Å²) in [5.41, 5.74) is -0.628. The number of fused-ring (bicyclic) bond motifs is 1. The SMILES string of the molecule is CC1(C)O[C@@H]2[C@H](O1)[C@@H](COC(=O)C(C)(C)C)O[C@H]2N1CCC(=O)NC1=O. The number of imide groups is 1. The minimum atomic E-state index is -0.842. The fraction of sp³-hybridized carbons (Fsp3) is 0.824. The van der Waals surface area contributed by atoms with Crippen LogP contribution >= 0.6 is 0 Å². The molecule has 0 saturated carbocycles. The molecule has 9 nitrogen and oxygen atoms in total. The fourth-order valence-corrected chi connectivity index (χ4v) is 3.24. The van der Waals surface area contributed by atoms with E-state index in [-0.39, 0.29) is 31.4 Å². The van der Waals surface area contributed by atoms with Gasteiger partial charge in [-0.05, 0) is 34.6 Å². The number of hydrogen-bond acceptors (Lipinski definition) is 7. The minimum Gasteiger partial charge on any atom is -0.462 e. The highest BCUT2D eigenvalue weighted by Gasteiger charge is 2.58. The first-order valence-corrected chi connectivity index (χ1v) is 8.77. The molecule has 0 aromatic rings. The molecule has 4 atom stereocenters. The van der Waals surface area contributed by atoms with Crippen LogP contribution in [-0.2, 0) is 28.5 Å². The van der Waals surface area contributed by atoms with Crippen LogP contribution in [0.3, 0.4) is 0 Å². The predicted octanol–water partition coefficient (Wildman–Crippen LogP) is 0.763. The van der Waals surface area contributed by atoms with Crippen molar-refractivity contribution in [1.82, 2.24) is 10.2 Å². The molecule has 9 heteroatoms. The Morgan fingerprint density at radius 1 is 1.27 bits per heavy atom. The number of urea groups is 1. The Morgan fingerprint density at radius 2 is 1.92 bits per heavy atom. The van der Waals surface area contributed by atoms with Crippen molar-refractivity contribution in [3.63, 3.8) is 0 Å². The van der Waals surface area contributed by atoms with Gasteiger partial charge in [-0.2, -0.15) is 0 Å². The van der Waals surface area contributed by atoms with Gasteiger partial charge in [-0.3, -0.25) is 19.8 Å². The number of nitrogens with one attached hydrogen (secondary N) is 1. The zero-order chi connectivity index (χ0) is 19.3. The van der Waals surface area contributed by atoms with Crippen LogP contribution in [-0.4, -0.2) is 66.3 Å². The van der Waals surface area contributed by atoms with E-state index in [9.17, 15) is 14.4 Å². The maximum absolute atomic E-state index is 12.2. The Morgan fingerprint density at radius 3 is 2.54 bits per heavy atom. The summed E-state index contributed by atoms with van der Waals surface area (Å²) in [6.45, 7) is 9.09. The molecule has 0 aromatic heterocycles. The van der Waals surface area contributed by atoms with Gasteiger partial charge in [0.05, 0.1) is 5.41 Å². The van der Waals surface area contributed by atoms with Gasteiger partial charge in [0.2, 0.25) is 5.91 Å². The lowest BCUT2D eigenvalue weighted by Gasteiger charge is -2.34. The standard InChI is InChI=1S/C17H26N2O7/c1-16(2,3)14(21)23-8-9-11-12(26-17(4,5)25-11)13(24-9)19-7-6-10(20)18-15(19)22/h9,11-13H,6-8H2,1-5H3,(H,18,20,22)/t9-,11-,12-,13-/m1/s1. The summed E-state index contributed by atoms with van der Waals surface area (Å²) in [4.78, 5) is 37.0. The Balaban J connectivity index is 1.73. The van der Waals surface area contributed by atoms with E-state index in [0.717, 1.165) is 0 Å². The van der Waals surface area contributed by atoms with Gasteiger partial charge in [-0.1, -0.05) is 0 Å². The van der Waals surface area contributed by atoms with Gasteiger partial charge in [-0.25, -0.2) is 4.79 Å². The van der Waals surface area contributed by atoms with Crippen molar-refractivity contribution in [1.29, 1.82) is 0 Å². The highest BCUT2D eigenvalue weighted by atomic mass is 16.8. The molecule has 146 valence electrons. The monoisotopic (exact) mass is 370 g/mol. The number of carbonyl (C=O) groups excluding carboxylic acids is 3. The van der Waals surface area contributed by atoms with Crippen molar-refractivity contribution in [2.24, 2.45) is 5.41 Å². The Kier molecular flexibility index (Phi) is 4.74. The van der Waals surface area contributed by atoms with Crippen LogP contribution in [0, 0.1) is 5.41 Å². The quantitative estimate of drug-likeness (QED) is 0.732. The number of hydrogen-bond donors (Lipinski definition) is 1. The van der Waals surface area contributed by atoms with Crippen LogP contribution in [0.5, 0.6) is 0 Å². The Labute approximate surface area is 152 Å². The third-order valence-electron chi connectivity index (χ3n) is 4.51. The minimum absolute atomic E-state index is 0.00159. The second-order valence-corrected chi connectivity index (χ2v) is 8.28. The average molecular weight is 370 g/mol. The molecule has 0 aromatic carbocycles. The largest absolute Gasteiger partial charge is 0.462 e. The van der Waals surface area contributed by atoms with E-state index >= 15 is 0 Å². The molecule has 3 heterocycles. The Hall–Kier alpha value is -1.71. The van der Waals surface area contributed by atoms with Gasteiger partial charge < -0.3 is 18.9 Å². The molecule has 3 aliphatic heterocycles. The molecular weight excluding hydrogens is 344 g/mol. The maximum Gasteiger partial charge on any atom is 0.326 e. The molecule has 0 radical (unpaired) electrons. The van der Waals surface area contributed by atoms with Gasteiger partial charge in [-0.15, -0.1) is 0 Å². The number of ether oxygens (including phenoxy) is 4. The lowest BCUT2D eigenvalue weighted by Crippen LogP contribution is -2.56. The second kappa shape index (κ2) is 6.47. The van der Waals surface area contributed by atoms with Crippen LogP contribution in [0.2, 0.25) is 0 Å². The molecule has 0 spiro atoms. The lowest BCUT2D eigenvalue weighted by atomic mass is 9.97. The van der Waals surface area contributed by atoms with Crippen molar-refractivity contribution >= 4 is 17.9 Å². The number of amides is 3. The highest BCUT2D eigenvalue weighted by Crippen LogP contribution is 2.40. The molecule has 26 heavy (non-hydrogen) atoms. The molecule has 3 rings (SSSR count). The van der Waals surface area contributed by atoms with Crippen LogP contribution in [0.1, 0.15) is 41.0 Å². The summed E-state index contributed by atoms with van der Waals surface area (Å²) >= 11 is 0. The van der Waals surface area contributed by atoms with Gasteiger partial charge in [0.15, 0.2) is 12.0 Å². The normalized spacial score (nSPS) is 33.8. The molecule has 1 N–H and O–H groups in total. The summed E-state index contributed by atoms with van der Waals surface area (Å²) in [6, 6.07) is -0.523. The van der Waals surface area contributed by atoms with Gasteiger partial charge in [0.25, 0.3) is 0 Å². The zero-order valence-corrected chi connectivity index (χ0v) is 15.7. The molecule has 3 saturated heterocycles. The topological polar surface area (TPSA) is 103 Å². The van der Waals surface area contributed by atoms with E-state index in [4.69, 9.17) is 18.9 Å². The van der Waals surface area contributed by atoms with E-state index in [1.54, 1.807) is 34.6 Å². The van der Waals surface area contributed by atoms with Gasteiger partial charge >= 0.3 is 12.0 Å². The summed E-state index contributed by atoms with van der Waals surface area (Å²) in [5.74, 6) is -1.51. The second-order valence-electron chi connectivity index (χ2n) is 8.28. The summed E-state index contributed by atoms with van der Waals surface area (Å²) in [5, 5.41) is 2.28. The Bertz CT molecular complexity index is 613. The molecule has 3 fully saturated rings. The average Bonchev–Trinajstić information content (AvgIpc) is 2.97. The van der Waals surface area contributed by atoms with Gasteiger partial charge in [0.1, 0.15) is 24.9 Å². The van der Waals surface area contributed by atoms with Crippen LogP contribution in [0.25, 0.3) is 0 Å². The van der Waals surface area contributed by atoms with Crippen LogP contribution in [0.15, 0.2) is 0 Å². The number of nitrogens with zero attached hydrogens (tertiary/aromatic N) is 1. The third kappa shape index (κ3) is 3.70. The van der Waals surface area contributed by atoms with Gasteiger partial charge in [0, 0.05) is 13.0 Å². The number of rotatable bonds is 3. The first-order chi connectivity index (χ1) is 12.0. The van der Waals surface area contributed by atoms with E-state index in [2.05, 4.69) is 5.32 Å². The molecule has 3 aliphatic rings. The van der Waals surface area contributed by atoms with Crippen molar-refractivity contribution in [2.75, 3.05) is 13.2 Å². The first-order valence-electron chi connectivity index (χ1n) is 8.77. The van der Waals surface area contributed by atoms with Crippen molar-refractivity contribution in [3.05, 3.63) is 0 Å². The molecular formula is C17H26N2O7. The predicted molar refractivity (Wildman–Crippen MR) is 87.8 cm³/mol. The summed E-state index contributed by atoms with van der Waals surface area (Å²) in [7, 11) is 0. The zero-order valence-electron chi connectivity index (χ0n) is 15.7. The molecule has 0 unspecified atom stereocenters. The van der Waals surface area contributed by atoms with Crippen LogP contribution in [0.4, 0.5) is 4.79 Å². The van der Waals surface area contributed by atoms with Crippen LogP contribution < -0.4 is 5.32 Å². The number of carbonyl (C=O) groups is 3. The molecule has 0 bridgehead atoms. The molecule has 0 aliphatic carbocycles. The fourth-order valence-electron chi connectivity index (χ4n) is 3.24. The third-order valence-corrected chi connectivity index (χ3v) is 4.51. The van der Waals surface area contributed by atoms with E-state index in [1.807, 2.05) is 0 Å². The van der Waals surface area contributed by atoms with Crippen molar-refractivity contribution in [2.45, 2.75) is 71.4 Å².